The van der Waals surface area contributed by atoms with Gasteiger partial charge in [0.1, 0.15) is 0 Å². The Morgan fingerprint density at radius 1 is 1.29 bits per heavy atom. The molecule has 7 nitrogen and oxygen atoms in total. The molecule has 2 N–H and O–H groups in total. The number of carbonyl (C=O) groups excluding carboxylic acids is 1. The van der Waals surface area contributed by atoms with Crippen LogP contribution in [0.25, 0.3) is 0 Å². The van der Waals surface area contributed by atoms with E-state index in [0.717, 1.165) is 64.7 Å². The number of carbonyl (C=O) groups is 1. The van der Waals surface area contributed by atoms with Crippen LogP contribution in [0.5, 0.6) is 0 Å². The molecule has 0 spiro atoms. The first-order valence-corrected chi connectivity index (χ1v) is 9.24. The van der Waals surface area contributed by atoms with Gasteiger partial charge in [0.25, 0.3) is 0 Å². The van der Waals surface area contributed by atoms with Gasteiger partial charge >= 0.3 is 6.03 Å². The molecule has 2 amide bonds. The summed E-state index contributed by atoms with van der Waals surface area (Å²) in [6.45, 7) is 7.01. The second-order valence-corrected chi connectivity index (χ2v) is 7.04. The van der Waals surface area contributed by atoms with E-state index in [1.54, 1.807) is 0 Å². The summed E-state index contributed by atoms with van der Waals surface area (Å²) in [7, 11) is 0. The number of nitrogens with zero attached hydrogens (tertiary/aromatic N) is 4. The van der Waals surface area contributed by atoms with Gasteiger partial charge in [-0.3, -0.25) is 0 Å². The van der Waals surface area contributed by atoms with Gasteiger partial charge in [0.15, 0.2) is 5.82 Å². The zero-order chi connectivity index (χ0) is 17.2. The molecule has 0 bridgehead atoms. The van der Waals surface area contributed by atoms with Gasteiger partial charge < -0.3 is 20.1 Å². The van der Waals surface area contributed by atoms with E-state index in [0.29, 0.717) is 11.7 Å². The maximum atomic E-state index is 12.4. The van der Waals surface area contributed by atoms with Crippen LogP contribution < -0.4 is 5.73 Å². The Bertz CT molecular complexity index is 555. The minimum atomic E-state index is -0.402. The Morgan fingerprint density at radius 2 is 1.92 bits per heavy atom. The Balaban J connectivity index is 1.59. The second-order valence-electron chi connectivity index (χ2n) is 7.04. The molecule has 0 aromatic carbocycles. The lowest BCUT2D eigenvalue weighted by molar-refractivity contribution is 0.140. The van der Waals surface area contributed by atoms with E-state index in [2.05, 4.69) is 10.1 Å². The molecule has 134 valence electrons. The van der Waals surface area contributed by atoms with Crippen molar-refractivity contribution in [2.24, 2.45) is 5.73 Å². The fourth-order valence-corrected chi connectivity index (χ4v) is 3.84. The molecule has 0 unspecified atom stereocenters. The third kappa shape index (κ3) is 3.27. The van der Waals surface area contributed by atoms with Crippen LogP contribution in [0.2, 0.25) is 0 Å². The van der Waals surface area contributed by atoms with E-state index in [1.165, 1.54) is 0 Å². The zero-order valence-corrected chi connectivity index (χ0v) is 14.8. The molecule has 3 rings (SSSR count). The number of amides is 2. The predicted octanol–water partition coefficient (Wildman–Crippen LogP) is 2.44. The Morgan fingerprint density at radius 3 is 2.50 bits per heavy atom. The number of likely N-dealkylation sites (tertiary alicyclic amines) is 1. The molecule has 2 aliphatic rings. The van der Waals surface area contributed by atoms with Gasteiger partial charge in [-0.1, -0.05) is 18.0 Å². The lowest BCUT2D eigenvalue weighted by Gasteiger charge is -2.34. The molecule has 7 heteroatoms. The fraction of sp³-hybridized carbons (Fsp3) is 0.824. The first-order valence-electron chi connectivity index (χ1n) is 9.24. The maximum absolute atomic E-state index is 12.4. The lowest BCUT2D eigenvalue weighted by atomic mass is 9.96. The van der Waals surface area contributed by atoms with Gasteiger partial charge in [0, 0.05) is 32.1 Å². The fourth-order valence-electron chi connectivity index (χ4n) is 3.84. The Labute approximate surface area is 143 Å². The Kier molecular flexibility index (Phi) is 5.08. The van der Waals surface area contributed by atoms with Crippen molar-refractivity contribution in [3.8, 4) is 0 Å². The molecule has 24 heavy (non-hydrogen) atoms. The van der Waals surface area contributed by atoms with Gasteiger partial charge in [-0.25, -0.2) is 4.79 Å². The summed E-state index contributed by atoms with van der Waals surface area (Å²) in [4.78, 5) is 20.8. The SMILES string of the molecule is CCN(CC)C(=O)N1CCC(c2nc(C3(N)CCCC3)no2)CC1. The van der Waals surface area contributed by atoms with Gasteiger partial charge in [-0.05, 0) is 39.5 Å². The number of rotatable bonds is 4. The average Bonchev–Trinajstić information content (AvgIpc) is 3.26. The number of hydrogen-bond acceptors (Lipinski definition) is 5. The maximum Gasteiger partial charge on any atom is 0.319 e. The van der Waals surface area contributed by atoms with Crippen LogP contribution in [-0.2, 0) is 5.54 Å². The monoisotopic (exact) mass is 335 g/mol. The first-order chi connectivity index (χ1) is 11.6. The van der Waals surface area contributed by atoms with Crippen LogP contribution in [0, 0.1) is 0 Å². The van der Waals surface area contributed by atoms with E-state index in [1.807, 2.05) is 23.6 Å². The van der Waals surface area contributed by atoms with Crippen LogP contribution in [0.4, 0.5) is 4.79 Å². The van der Waals surface area contributed by atoms with E-state index < -0.39 is 5.54 Å². The summed E-state index contributed by atoms with van der Waals surface area (Å²) in [5.41, 5.74) is 6.00. The highest BCUT2D eigenvalue weighted by Crippen LogP contribution is 2.36. The smallest absolute Gasteiger partial charge is 0.319 e. The van der Waals surface area contributed by atoms with E-state index in [9.17, 15) is 4.79 Å². The molecule has 2 fully saturated rings. The predicted molar refractivity (Wildman–Crippen MR) is 90.5 cm³/mol. The summed E-state index contributed by atoms with van der Waals surface area (Å²) in [5, 5.41) is 4.15. The molecule has 1 aromatic heterocycles. The van der Waals surface area contributed by atoms with Gasteiger partial charge in [-0.15, -0.1) is 0 Å². The molecular formula is C17H29N5O2. The van der Waals surface area contributed by atoms with Gasteiger partial charge in [-0.2, -0.15) is 4.98 Å². The first kappa shape index (κ1) is 17.2. The van der Waals surface area contributed by atoms with E-state index in [4.69, 9.17) is 10.3 Å². The summed E-state index contributed by atoms with van der Waals surface area (Å²) >= 11 is 0. The number of nitrogens with two attached hydrogens (primary N) is 1. The number of piperidine rings is 1. The minimum Gasteiger partial charge on any atom is -0.339 e. The summed E-state index contributed by atoms with van der Waals surface area (Å²) in [6.07, 6.45) is 5.86. The third-order valence-electron chi connectivity index (χ3n) is 5.53. The molecule has 0 atom stereocenters. The van der Waals surface area contributed by atoms with Crippen LogP contribution >= 0.6 is 0 Å². The molecule has 2 heterocycles. The van der Waals surface area contributed by atoms with Gasteiger partial charge in [0.2, 0.25) is 5.89 Å². The summed E-state index contributed by atoms with van der Waals surface area (Å²) in [5.74, 6) is 1.59. The highest BCUT2D eigenvalue weighted by Gasteiger charge is 2.37. The van der Waals surface area contributed by atoms with Crippen LogP contribution in [-0.4, -0.2) is 52.2 Å². The molecule has 0 radical (unpaired) electrons. The topological polar surface area (TPSA) is 88.5 Å². The standard InChI is InChI=1S/C17H29N5O2/c1-3-21(4-2)16(23)22-11-7-13(8-12-22)14-19-15(20-24-14)17(18)9-5-6-10-17/h13H,3-12,18H2,1-2H3. The van der Waals surface area contributed by atoms with Crippen molar-refractivity contribution >= 4 is 6.03 Å². The Hall–Kier alpha value is -1.63. The van der Waals surface area contributed by atoms with Gasteiger partial charge in [0.05, 0.1) is 5.54 Å². The van der Waals surface area contributed by atoms with E-state index >= 15 is 0 Å². The molecule has 1 saturated carbocycles. The van der Waals surface area contributed by atoms with Crippen molar-refractivity contribution in [3.63, 3.8) is 0 Å². The largest absolute Gasteiger partial charge is 0.339 e. The summed E-state index contributed by atoms with van der Waals surface area (Å²) in [6, 6.07) is 0.136. The molecule has 1 saturated heterocycles. The molecule has 1 aliphatic carbocycles. The average molecular weight is 335 g/mol. The van der Waals surface area contributed by atoms with Crippen molar-refractivity contribution < 1.29 is 9.32 Å². The number of urea groups is 1. The van der Waals surface area contributed by atoms with E-state index in [-0.39, 0.29) is 11.9 Å². The van der Waals surface area contributed by atoms with Crippen molar-refractivity contribution in [2.45, 2.75) is 63.8 Å². The zero-order valence-electron chi connectivity index (χ0n) is 14.8. The van der Waals surface area contributed by atoms with Crippen molar-refractivity contribution in [3.05, 3.63) is 11.7 Å². The van der Waals surface area contributed by atoms with Crippen LogP contribution in [0.3, 0.4) is 0 Å². The molecule has 1 aliphatic heterocycles. The highest BCUT2D eigenvalue weighted by molar-refractivity contribution is 5.74. The second kappa shape index (κ2) is 7.09. The third-order valence-corrected chi connectivity index (χ3v) is 5.53. The quantitative estimate of drug-likeness (QED) is 0.913. The molecular weight excluding hydrogens is 306 g/mol. The van der Waals surface area contributed by atoms with Crippen LogP contribution in [0.1, 0.15) is 70.0 Å². The number of aromatic nitrogens is 2. The van der Waals surface area contributed by atoms with Crippen LogP contribution in [0.15, 0.2) is 4.52 Å². The lowest BCUT2D eigenvalue weighted by Crippen LogP contribution is -2.46. The van der Waals surface area contributed by atoms with Crippen molar-refractivity contribution in [1.29, 1.82) is 0 Å². The summed E-state index contributed by atoms with van der Waals surface area (Å²) < 4.78 is 5.51. The number of hydrogen-bond donors (Lipinski definition) is 1. The normalized spacial score (nSPS) is 21.2. The van der Waals surface area contributed by atoms with Crippen molar-refractivity contribution in [2.75, 3.05) is 26.2 Å². The molecule has 1 aromatic rings. The minimum absolute atomic E-state index is 0.136. The highest BCUT2D eigenvalue weighted by atomic mass is 16.5. The van der Waals surface area contributed by atoms with Crippen molar-refractivity contribution in [1.82, 2.24) is 19.9 Å².